The average molecular weight is 203 g/mol. The lowest BCUT2D eigenvalue weighted by atomic mass is 9.96. The third-order valence-electron chi connectivity index (χ3n) is 3.40. The maximum atomic E-state index is 11.4. The second kappa shape index (κ2) is 2.99. The largest absolute Gasteiger partial charge is 0.497 e. The molecule has 1 aromatic rings. The summed E-state index contributed by atoms with van der Waals surface area (Å²) in [5, 5.41) is 3.02. The third kappa shape index (κ3) is 1.23. The minimum absolute atomic E-state index is 0.173. The number of amides is 1. The van der Waals surface area contributed by atoms with Gasteiger partial charge in [-0.2, -0.15) is 0 Å². The summed E-state index contributed by atoms with van der Waals surface area (Å²) in [7, 11) is 1.67. The molecule has 1 fully saturated rings. The second-order valence-electron chi connectivity index (χ2n) is 4.25. The molecular formula is C12H13NO2. The number of carbonyl (C=O) groups excluding carboxylic acids is 1. The number of piperidine rings is 1. The Hall–Kier alpha value is -1.51. The van der Waals surface area contributed by atoms with Gasteiger partial charge in [0.05, 0.1) is 13.2 Å². The van der Waals surface area contributed by atoms with Gasteiger partial charge < -0.3 is 10.1 Å². The Bertz CT molecular complexity index is 428. The number of rotatable bonds is 1. The fraction of sp³-hybridized carbons (Fsp3) is 0.417. The van der Waals surface area contributed by atoms with Crippen molar-refractivity contribution < 1.29 is 9.53 Å². The van der Waals surface area contributed by atoms with Gasteiger partial charge in [-0.1, -0.05) is 6.07 Å². The second-order valence-corrected chi connectivity index (χ2v) is 4.25. The zero-order valence-electron chi connectivity index (χ0n) is 8.62. The molecule has 3 heteroatoms. The van der Waals surface area contributed by atoms with E-state index in [1.807, 2.05) is 6.07 Å². The Morgan fingerprint density at radius 1 is 1.40 bits per heavy atom. The van der Waals surface area contributed by atoms with E-state index in [1.165, 1.54) is 11.1 Å². The van der Waals surface area contributed by atoms with E-state index in [0.717, 1.165) is 12.2 Å². The molecule has 1 N–H and O–H groups in total. The van der Waals surface area contributed by atoms with Crippen molar-refractivity contribution in [1.82, 2.24) is 5.32 Å². The number of benzene rings is 1. The average Bonchev–Trinajstić information content (AvgIpc) is 2.51. The molecule has 0 spiro atoms. The van der Waals surface area contributed by atoms with Crippen molar-refractivity contribution in [1.29, 1.82) is 0 Å². The summed E-state index contributed by atoms with van der Waals surface area (Å²) in [6.45, 7) is 0. The summed E-state index contributed by atoms with van der Waals surface area (Å²) in [6, 6.07) is 6.34. The third-order valence-corrected chi connectivity index (χ3v) is 3.40. The van der Waals surface area contributed by atoms with Crippen molar-refractivity contribution in [2.75, 3.05) is 7.11 Å². The lowest BCUT2D eigenvalue weighted by Crippen LogP contribution is -2.31. The highest BCUT2D eigenvalue weighted by molar-refractivity contribution is 5.80. The van der Waals surface area contributed by atoms with E-state index in [-0.39, 0.29) is 11.9 Å². The first kappa shape index (κ1) is 8.77. The number of nitrogens with one attached hydrogen (secondary N) is 1. The van der Waals surface area contributed by atoms with Gasteiger partial charge in [0.2, 0.25) is 5.91 Å². The molecule has 1 heterocycles. The summed E-state index contributed by atoms with van der Waals surface area (Å²) >= 11 is 0. The van der Waals surface area contributed by atoms with Gasteiger partial charge in [0, 0.05) is 6.42 Å². The SMILES string of the molecule is COc1ccc2c(c1)[C@@H]1CC(=O)N[C@H]2C1. The first-order valence-electron chi connectivity index (χ1n) is 5.25. The Labute approximate surface area is 88.4 Å². The zero-order valence-corrected chi connectivity index (χ0v) is 8.62. The molecule has 2 atom stereocenters. The molecule has 0 radical (unpaired) electrons. The quantitative estimate of drug-likeness (QED) is 0.755. The molecule has 78 valence electrons. The maximum absolute atomic E-state index is 11.4. The fourth-order valence-electron chi connectivity index (χ4n) is 2.70. The van der Waals surface area contributed by atoms with Crippen molar-refractivity contribution >= 4 is 5.91 Å². The molecule has 0 unspecified atom stereocenters. The molecule has 3 rings (SSSR count). The Morgan fingerprint density at radius 2 is 2.27 bits per heavy atom. The molecule has 2 bridgehead atoms. The molecule has 1 amide bonds. The Morgan fingerprint density at radius 3 is 3.07 bits per heavy atom. The zero-order chi connectivity index (χ0) is 10.4. The summed E-state index contributed by atoms with van der Waals surface area (Å²) in [5.41, 5.74) is 2.56. The highest BCUT2D eigenvalue weighted by Gasteiger charge is 2.37. The number of hydrogen-bond acceptors (Lipinski definition) is 2. The topological polar surface area (TPSA) is 38.3 Å². The number of hydrogen-bond donors (Lipinski definition) is 1. The van der Waals surface area contributed by atoms with Crippen LogP contribution in [0.5, 0.6) is 5.75 Å². The Kier molecular flexibility index (Phi) is 1.75. The van der Waals surface area contributed by atoms with Crippen LogP contribution in [0.3, 0.4) is 0 Å². The molecular weight excluding hydrogens is 190 g/mol. The minimum atomic E-state index is 0.173. The number of methoxy groups -OCH3 is 1. The number of fused-ring (bicyclic) bond motifs is 5. The Balaban J connectivity index is 2.08. The van der Waals surface area contributed by atoms with E-state index in [9.17, 15) is 4.79 Å². The van der Waals surface area contributed by atoms with Gasteiger partial charge in [0.1, 0.15) is 5.75 Å². The number of ether oxygens (including phenoxy) is 1. The van der Waals surface area contributed by atoms with Gasteiger partial charge in [-0.15, -0.1) is 0 Å². The minimum Gasteiger partial charge on any atom is -0.497 e. The fourth-order valence-corrected chi connectivity index (χ4v) is 2.70. The lowest BCUT2D eigenvalue weighted by Gasteiger charge is -2.19. The van der Waals surface area contributed by atoms with Gasteiger partial charge in [0.15, 0.2) is 0 Å². The smallest absolute Gasteiger partial charge is 0.221 e. The molecule has 0 aromatic heterocycles. The van der Waals surface area contributed by atoms with Gasteiger partial charge in [-0.05, 0) is 35.6 Å². The molecule has 1 aliphatic carbocycles. The lowest BCUT2D eigenvalue weighted by molar-refractivity contribution is -0.123. The van der Waals surface area contributed by atoms with Crippen molar-refractivity contribution in [2.45, 2.75) is 24.8 Å². The predicted molar refractivity (Wildman–Crippen MR) is 55.9 cm³/mol. The van der Waals surface area contributed by atoms with Crippen LogP contribution in [0.4, 0.5) is 0 Å². The standard InChI is InChI=1S/C12H13NO2/c1-15-8-2-3-9-10(6-8)7-4-11(9)13-12(14)5-7/h2-3,6-7,11H,4-5H2,1H3,(H,13,14)/t7-,11-/m0/s1. The van der Waals surface area contributed by atoms with Gasteiger partial charge >= 0.3 is 0 Å². The highest BCUT2D eigenvalue weighted by Crippen LogP contribution is 2.46. The van der Waals surface area contributed by atoms with Crippen molar-refractivity contribution in [3.8, 4) is 5.75 Å². The van der Waals surface area contributed by atoms with Crippen molar-refractivity contribution in [3.05, 3.63) is 29.3 Å². The van der Waals surface area contributed by atoms with Crippen LogP contribution in [0, 0.1) is 0 Å². The van der Waals surface area contributed by atoms with E-state index >= 15 is 0 Å². The van der Waals surface area contributed by atoms with Gasteiger partial charge in [-0.3, -0.25) is 4.79 Å². The first-order chi connectivity index (χ1) is 7.28. The first-order valence-corrected chi connectivity index (χ1v) is 5.25. The molecule has 1 saturated heterocycles. The molecule has 2 aliphatic rings. The van der Waals surface area contributed by atoms with Crippen LogP contribution in [0.15, 0.2) is 18.2 Å². The van der Waals surface area contributed by atoms with Crippen molar-refractivity contribution in [2.24, 2.45) is 0 Å². The molecule has 1 aliphatic heterocycles. The van der Waals surface area contributed by atoms with E-state index in [4.69, 9.17) is 4.74 Å². The predicted octanol–water partition coefficient (Wildman–Crippen LogP) is 1.74. The normalized spacial score (nSPS) is 27.1. The van der Waals surface area contributed by atoms with Crippen LogP contribution in [-0.4, -0.2) is 13.0 Å². The van der Waals surface area contributed by atoms with Crippen LogP contribution in [0.2, 0.25) is 0 Å². The van der Waals surface area contributed by atoms with Gasteiger partial charge in [0.25, 0.3) is 0 Å². The maximum Gasteiger partial charge on any atom is 0.221 e. The van der Waals surface area contributed by atoms with Crippen LogP contribution in [-0.2, 0) is 4.79 Å². The highest BCUT2D eigenvalue weighted by atomic mass is 16.5. The van der Waals surface area contributed by atoms with E-state index in [1.54, 1.807) is 7.11 Å². The van der Waals surface area contributed by atoms with E-state index in [2.05, 4.69) is 17.4 Å². The molecule has 15 heavy (non-hydrogen) atoms. The van der Waals surface area contributed by atoms with Crippen LogP contribution in [0.1, 0.15) is 35.9 Å². The molecule has 3 nitrogen and oxygen atoms in total. The van der Waals surface area contributed by atoms with Crippen LogP contribution < -0.4 is 10.1 Å². The van der Waals surface area contributed by atoms with Crippen LogP contribution >= 0.6 is 0 Å². The monoisotopic (exact) mass is 203 g/mol. The number of carbonyl (C=O) groups is 1. The molecule has 1 aromatic carbocycles. The van der Waals surface area contributed by atoms with Crippen LogP contribution in [0.25, 0.3) is 0 Å². The van der Waals surface area contributed by atoms with Gasteiger partial charge in [-0.25, -0.2) is 0 Å². The van der Waals surface area contributed by atoms with E-state index < -0.39 is 0 Å². The summed E-state index contributed by atoms with van der Waals surface area (Å²) in [6.07, 6.45) is 1.67. The summed E-state index contributed by atoms with van der Waals surface area (Å²) < 4.78 is 5.21. The summed E-state index contributed by atoms with van der Waals surface area (Å²) in [5.74, 6) is 1.45. The van der Waals surface area contributed by atoms with Crippen molar-refractivity contribution in [3.63, 3.8) is 0 Å². The van der Waals surface area contributed by atoms with E-state index in [0.29, 0.717) is 12.3 Å². The summed E-state index contributed by atoms with van der Waals surface area (Å²) in [4.78, 5) is 11.4. The molecule has 0 saturated carbocycles.